The number of hydrogen-bond acceptors (Lipinski definition) is 2. The molecule has 1 heterocycles. The zero-order chi connectivity index (χ0) is 13.8. The van der Waals surface area contributed by atoms with Gasteiger partial charge in [-0.05, 0) is 56.6 Å². The van der Waals surface area contributed by atoms with Gasteiger partial charge < -0.3 is 10.2 Å². The highest BCUT2D eigenvalue weighted by Gasteiger charge is 2.16. The van der Waals surface area contributed by atoms with Gasteiger partial charge in [-0.3, -0.25) is 0 Å². The molecule has 1 aliphatic heterocycles. The minimum atomic E-state index is -1.40. The van der Waals surface area contributed by atoms with E-state index in [9.17, 15) is 13.2 Å². The number of halogens is 3. The van der Waals surface area contributed by atoms with Gasteiger partial charge in [0.1, 0.15) is 0 Å². The van der Waals surface area contributed by atoms with E-state index in [2.05, 4.69) is 5.32 Å². The molecule has 2 nitrogen and oxygen atoms in total. The number of piperidine rings is 1. The molecule has 2 rings (SSSR count). The van der Waals surface area contributed by atoms with Gasteiger partial charge in [0.15, 0.2) is 17.5 Å². The van der Waals surface area contributed by atoms with E-state index < -0.39 is 17.5 Å². The van der Waals surface area contributed by atoms with Crippen LogP contribution in [0.2, 0.25) is 0 Å². The molecule has 0 saturated carbocycles. The van der Waals surface area contributed by atoms with Crippen LogP contribution < -0.4 is 5.32 Å². The molecule has 0 spiro atoms. The Balaban J connectivity index is 1.92. The van der Waals surface area contributed by atoms with Crippen LogP contribution >= 0.6 is 0 Å². The van der Waals surface area contributed by atoms with E-state index in [0.29, 0.717) is 18.0 Å². The topological polar surface area (TPSA) is 15.3 Å². The van der Waals surface area contributed by atoms with Crippen molar-refractivity contribution in [1.82, 2.24) is 10.2 Å². The Hall–Kier alpha value is -1.07. The number of rotatable bonds is 4. The molecule has 106 valence electrons. The lowest BCUT2D eigenvalue weighted by Gasteiger charge is -2.27. The van der Waals surface area contributed by atoms with Gasteiger partial charge in [-0.1, -0.05) is 0 Å². The monoisotopic (exact) mass is 272 g/mol. The predicted octanol–water partition coefficient (Wildman–Crippen LogP) is 2.54. The van der Waals surface area contributed by atoms with Crippen molar-refractivity contribution in [2.45, 2.75) is 19.4 Å². The van der Waals surface area contributed by atoms with Crippen molar-refractivity contribution in [2.75, 3.05) is 26.7 Å². The SMILES string of the molecule is CN(Cc1cc(F)c(F)c(F)c1)CC1CCNCC1. The lowest BCUT2D eigenvalue weighted by molar-refractivity contribution is 0.234. The van der Waals surface area contributed by atoms with Crippen LogP contribution in [0.15, 0.2) is 12.1 Å². The highest BCUT2D eigenvalue weighted by molar-refractivity contribution is 5.19. The summed E-state index contributed by atoms with van der Waals surface area (Å²) in [5.74, 6) is -3.03. The predicted molar refractivity (Wildman–Crippen MR) is 68.2 cm³/mol. The van der Waals surface area contributed by atoms with Gasteiger partial charge in [0.2, 0.25) is 0 Å². The quantitative estimate of drug-likeness (QED) is 0.847. The van der Waals surface area contributed by atoms with Gasteiger partial charge >= 0.3 is 0 Å². The lowest BCUT2D eigenvalue weighted by Crippen LogP contribution is -2.34. The molecule has 1 aromatic rings. The number of nitrogens with one attached hydrogen (secondary N) is 1. The molecule has 0 bridgehead atoms. The third kappa shape index (κ3) is 3.94. The van der Waals surface area contributed by atoms with Crippen molar-refractivity contribution in [3.63, 3.8) is 0 Å². The van der Waals surface area contributed by atoms with Gasteiger partial charge in [0, 0.05) is 13.1 Å². The number of benzene rings is 1. The summed E-state index contributed by atoms with van der Waals surface area (Å²) < 4.78 is 39.1. The first-order valence-corrected chi connectivity index (χ1v) is 6.59. The Morgan fingerprint density at radius 2 is 1.74 bits per heavy atom. The second-order valence-corrected chi connectivity index (χ2v) is 5.26. The van der Waals surface area contributed by atoms with E-state index in [1.54, 1.807) is 0 Å². The fourth-order valence-electron chi connectivity index (χ4n) is 2.58. The van der Waals surface area contributed by atoms with Gasteiger partial charge in [-0.2, -0.15) is 0 Å². The summed E-state index contributed by atoms with van der Waals surface area (Å²) in [7, 11) is 1.92. The van der Waals surface area contributed by atoms with Crippen molar-refractivity contribution in [1.29, 1.82) is 0 Å². The van der Waals surface area contributed by atoms with Crippen LogP contribution in [0.3, 0.4) is 0 Å². The Bertz CT molecular complexity index is 408. The summed E-state index contributed by atoms with van der Waals surface area (Å²) in [6, 6.07) is 2.13. The van der Waals surface area contributed by atoms with Crippen LogP contribution in [0.25, 0.3) is 0 Å². The van der Waals surface area contributed by atoms with Crippen molar-refractivity contribution in [3.05, 3.63) is 35.1 Å². The van der Waals surface area contributed by atoms with Crippen LogP contribution in [-0.2, 0) is 6.54 Å². The molecule has 1 saturated heterocycles. The lowest BCUT2D eigenvalue weighted by atomic mass is 9.97. The Labute approximate surface area is 111 Å². The Morgan fingerprint density at radius 3 is 2.32 bits per heavy atom. The van der Waals surface area contributed by atoms with E-state index in [-0.39, 0.29) is 0 Å². The maximum Gasteiger partial charge on any atom is 0.194 e. The second kappa shape index (κ2) is 6.39. The first-order chi connectivity index (χ1) is 9.06. The zero-order valence-corrected chi connectivity index (χ0v) is 11.1. The van der Waals surface area contributed by atoms with Crippen LogP contribution in [-0.4, -0.2) is 31.6 Å². The molecule has 0 radical (unpaired) electrons. The van der Waals surface area contributed by atoms with Crippen LogP contribution in [0, 0.1) is 23.4 Å². The van der Waals surface area contributed by atoms with Crippen molar-refractivity contribution in [2.24, 2.45) is 5.92 Å². The molecule has 1 aromatic carbocycles. The van der Waals surface area contributed by atoms with Gasteiger partial charge in [-0.25, -0.2) is 13.2 Å². The average molecular weight is 272 g/mol. The third-order valence-electron chi connectivity index (χ3n) is 3.52. The van der Waals surface area contributed by atoms with Crippen LogP contribution in [0.5, 0.6) is 0 Å². The van der Waals surface area contributed by atoms with Gasteiger partial charge in [0.25, 0.3) is 0 Å². The molecule has 5 heteroatoms. The molecule has 1 aliphatic rings. The molecular formula is C14H19F3N2. The number of nitrogens with zero attached hydrogens (tertiary/aromatic N) is 1. The minimum Gasteiger partial charge on any atom is -0.317 e. The molecule has 1 N–H and O–H groups in total. The first kappa shape index (κ1) is 14.3. The molecular weight excluding hydrogens is 253 g/mol. The summed E-state index contributed by atoms with van der Waals surface area (Å²) in [5, 5.41) is 3.30. The molecule has 0 unspecified atom stereocenters. The van der Waals surface area contributed by atoms with E-state index in [0.717, 1.165) is 44.6 Å². The van der Waals surface area contributed by atoms with Gasteiger partial charge in [-0.15, -0.1) is 0 Å². The van der Waals surface area contributed by atoms with Crippen LogP contribution in [0.1, 0.15) is 18.4 Å². The molecule has 0 amide bonds. The fourth-order valence-corrected chi connectivity index (χ4v) is 2.58. The zero-order valence-electron chi connectivity index (χ0n) is 11.1. The molecule has 0 atom stereocenters. The minimum absolute atomic E-state index is 0.429. The standard InChI is InChI=1S/C14H19F3N2/c1-19(8-10-2-4-18-5-3-10)9-11-6-12(15)14(17)13(16)7-11/h6-7,10,18H,2-5,8-9H2,1H3. The smallest absolute Gasteiger partial charge is 0.194 e. The van der Waals surface area contributed by atoms with Crippen LogP contribution in [0.4, 0.5) is 13.2 Å². The highest BCUT2D eigenvalue weighted by Crippen LogP contribution is 2.17. The van der Waals surface area contributed by atoms with Crippen molar-refractivity contribution < 1.29 is 13.2 Å². The summed E-state index contributed by atoms with van der Waals surface area (Å²) in [5.41, 5.74) is 0.466. The average Bonchev–Trinajstić information content (AvgIpc) is 2.37. The number of hydrogen-bond donors (Lipinski definition) is 1. The maximum atomic E-state index is 13.1. The van der Waals surface area contributed by atoms with E-state index in [1.165, 1.54) is 0 Å². The van der Waals surface area contributed by atoms with Crippen molar-refractivity contribution in [3.8, 4) is 0 Å². The summed E-state index contributed by atoms with van der Waals surface area (Å²) in [6.45, 7) is 3.37. The Morgan fingerprint density at radius 1 is 1.16 bits per heavy atom. The molecule has 0 aliphatic carbocycles. The summed E-state index contributed by atoms with van der Waals surface area (Å²) >= 11 is 0. The van der Waals surface area contributed by atoms with Gasteiger partial charge in [0.05, 0.1) is 0 Å². The largest absolute Gasteiger partial charge is 0.317 e. The van der Waals surface area contributed by atoms with E-state index in [1.807, 2.05) is 11.9 Å². The highest BCUT2D eigenvalue weighted by atomic mass is 19.2. The maximum absolute atomic E-state index is 13.1. The molecule has 0 aromatic heterocycles. The van der Waals surface area contributed by atoms with E-state index >= 15 is 0 Å². The summed E-state index contributed by atoms with van der Waals surface area (Å²) in [6.07, 6.45) is 2.24. The first-order valence-electron chi connectivity index (χ1n) is 6.59. The fraction of sp³-hybridized carbons (Fsp3) is 0.571. The Kier molecular flexibility index (Phi) is 4.82. The molecule has 19 heavy (non-hydrogen) atoms. The third-order valence-corrected chi connectivity index (χ3v) is 3.52. The molecule has 1 fully saturated rings. The summed E-state index contributed by atoms with van der Waals surface area (Å²) in [4.78, 5) is 2.03. The van der Waals surface area contributed by atoms with E-state index in [4.69, 9.17) is 0 Å². The van der Waals surface area contributed by atoms with Crippen molar-refractivity contribution >= 4 is 0 Å². The second-order valence-electron chi connectivity index (χ2n) is 5.26. The normalized spacial score (nSPS) is 17.1.